The van der Waals surface area contributed by atoms with E-state index in [-0.39, 0.29) is 12.1 Å². The number of likely N-dealkylation sites (N-methyl/N-ethyl adjacent to an activating group) is 1. The molecule has 1 aliphatic heterocycles. The maximum atomic E-state index is 12.6. The van der Waals surface area contributed by atoms with Crippen molar-refractivity contribution in [3.8, 4) is 0 Å². The number of nitrogens with zero attached hydrogens (tertiary/aromatic N) is 4. The van der Waals surface area contributed by atoms with Gasteiger partial charge in [0.1, 0.15) is 5.82 Å². The minimum atomic E-state index is -0.0772. The van der Waals surface area contributed by atoms with Crippen molar-refractivity contribution in [2.24, 2.45) is 0 Å². The van der Waals surface area contributed by atoms with Crippen LogP contribution in [0.2, 0.25) is 0 Å². The molecule has 122 valence electrons. The van der Waals surface area contributed by atoms with Gasteiger partial charge in [-0.3, -0.25) is 9.88 Å². The largest absolute Gasteiger partial charge is 0.347 e. The molecule has 23 heavy (non-hydrogen) atoms. The van der Waals surface area contributed by atoms with Gasteiger partial charge in [-0.25, -0.2) is 9.78 Å². The minimum Gasteiger partial charge on any atom is -0.347 e. The van der Waals surface area contributed by atoms with E-state index in [1.807, 2.05) is 24.1 Å². The van der Waals surface area contributed by atoms with Crippen molar-refractivity contribution < 1.29 is 4.79 Å². The lowest BCUT2D eigenvalue weighted by Gasteiger charge is -2.40. The Kier molecular flexibility index (Phi) is 4.57. The molecule has 1 saturated heterocycles. The van der Waals surface area contributed by atoms with Crippen LogP contribution < -0.4 is 5.32 Å². The number of imidazole rings is 1. The SMILES string of the molecule is CCN1CCN(C(=O)Nc2ccncc2C)CC1c1ncc[nH]1. The van der Waals surface area contributed by atoms with Crippen molar-refractivity contribution in [1.29, 1.82) is 0 Å². The number of piperazine rings is 1. The van der Waals surface area contributed by atoms with Gasteiger partial charge < -0.3 is 15.2 Å². The van der Waals surface area contributed by atoms with E-state index in [0.29, 0.717) is 13.1 Å². The number of hydrogen-bond donors (Lipinski definition) is 2. The molecule has 7 nitrogen and oxygen atoms in total. The van der Waals surface area contributed by atoms with Crippen LogP contribution in [0.25, 0.3) is 0 Å². The Bertz CT molecular complexity index is 656. The van der Waals surface area contributed by atoms with Gasteiger partial charge in [-0.05, 0) is 25.1 Å². The molecule has 3 rings (SSSR count). The molecule has 0 aromatic carbocycles. The molecule has 1 atom stereocenters. The summed E-state index contributed by atoms with van der Waals surface area (Å²) in [7, 11) is 0. The topological polar surface area (TPSA) is 77.2 Å². The molecule has 7 heteroatoms. The predicted molar refractivity (Wildman–Crippen MR) is 88.1 cm³/mol. The average Bonchev–Trinajstić information content (AvgIpc) is 3.10. The van der Waals surface area contributed by atoms with E-state index in [1.54, 1.807) is 18.6 Å². The fourth-order valence-corrected chi connectivity index (χ4v) is 2.91. The Morgan fingerprint density at radius 3 is 3.00 bits per heavy atom. The molecule has 2 N–H and O–H groups in total. The molecule has 2 amide bonds. The highest BCUT2D eigenvalue weighted by Gasteiger charge is 2.31. The van der Waals surface area contributed by atoms with E-state index in [1.165, 1.54) is 0 Å². The Labute approximate surface area is 135 Å². The molecule has 2 aromatic rings. The summed E-state index contributed by atoms with van der Waals surface area (Å²) in [5.41, 5.74) is 1.76. The first-order valence-electron chi connectivity index (χ1n) is 7.89. The molecule has 0 spiro atoms. The quantitative estimate of drug-likeness (QED) is 0.908. The fourth-order valence-electron chi connectivity index (χ4n) is 2.91. The second-order valence-corrected chi connectivity index (χ2v) is 5.69. The summed E-state index contributed by atoms with van der Waals surface area (Å²) in [4.78, 5) is 28.3. The molecule has 0 radical (unpaired) electrons. The normalized spacial score (nSPS) is 18.9. The number of anilines is 1. The standard InChI is InChI=1S/C16H22N6O/c1-3-21-8-9-22(11-14(21)15-18-6-7-19-15)16(23)20-13-4-5-17-10-12(13)2/h4-7,10,14H,3,8-9,11H2,1-2H3,(H,18,19)(H,17,20,23). The van der Waals surface area contributed by atoms with E-state index >= 15 is 0 Å². The second-order valence-electron chi connectivity index (χ2n) is 5.69. The Balaban J connectivity index is 1.71. The number of aromatic nitrogens is 3. The van der Waals surface area contributed by atoms with E-state index in [9.17, 15) is 4.79 Å². The highest BCUT2D eigenvalue weighted by Crippen LogP contribution is 2.23. The number of H-pyrrole nitrogens is 1. The van der Waals surface area contributed by atoms with Gasteiger partial charge in [0, 0.05) is 50.1 Å². The number of pyridine rings is 1. The van der Waals surface area contributed by atoms with Gasteiger partial charge in [-0.15, -0.1) is 0 Å². The van der Waals surface area contributed by atoms with Gasteiger partial charge in [0.25, 0.3) is 0 Å². The van der Waals surface area contributed by atoms with Gasteiger partial charge in [0.15, 0.2) is 0 Å². The monoisotopic (exact) mass is 314 g/mol. The predicted octanol–water partition coefficient (Wildman–Crippen LogP) is 2.02. The summed E-state index contributed by atoms with van der Waals surface area (Å²) in [6.07, 6.45) is 7.00. The molecule has 0 bridgehead atoms. The molecule has 1 unspecified atom stereocenters. The van der Waals surface area contributed by atoms with Crippen LogP contribution in [0.5, 0.6) is 0 Å². The van der Waals surface area contributed by atoms with Crippen LogP contribution in [0, 0.1) is 6.92 Å². The third-order valence-electron chi connectivity index (χ3n) is 4.28. The number of amides is 2. The first kappa shape index (κ1) is 15.5. The molecule has 2 aromatic heterocycles. The number of rotatable bonds is 3. The summed E-state index contributed by atoms with van der Waals surface area (Å²) >= 11 is 0. The number of aryl methyl sites for hydroxylation is 1. The van der Waals surface area contributed by atoms with Crippen molar-refractivity contribution >= 4 is 11.7 Å². The number of urea groups is 1. The van der Waals surface area contributed by atoms with Crippen LogP contribution >= 0.6 is 0 Å². The van der Waals surface area contributed by atoms with Crippen molar-refractivity contribution in [3.63, 3.8) is 0 Å². The van der Waals surface area contributed by atoms with Gasteiger partial charge in [-0.2, -0.15) is 0 Å². The Hall–Kier alpha value is -2.41. The summed E-state index contributed by atoms with van der Waals surface area (Å²) in [5.74, 6) is 0.907. The highest BCUT2D eigenvalue weighted by molar-refractivity contribution is 5.90. The Morgan fingerprint density at radius 2 is 2.30 bits per heavy atom. The summed E-state index contributed by atoms with van der Waals surface area (Å²) < 4.78 is 0. The molecule has 0 saturated carbocycles. The molecular formula is C16H22N6O. The van der Waals surface area contributed by atoms with Crippen molar-refractivity contribution in [3.05, 3.63) is 42.2 Å². The smallest absolute Gasteiger partial charge is 0.321 e. The van der Waals surface area contributed by atoms with Gasteiger partial charge >= 0.3 is 6.03 Å². The number of nitrogens with one attached hydrogen (secondary N) is 2. The first-order valence-corrected chi connectivity index (χ1v) is 7.89. The summed E-state index contributed by atoms with van der Waals surface area (Å²) in [6.45, 7) is 7.17. The number of hydrogen-bond acceptors (Lipinski definition) is 4. The van der Waals surface area contributed by atoms with Crippen LogP contribution in [0.4, 0.5) is 10.5 Å². The lowest BCUT2D eigenvalue weighted by Crippen LogP contribution is -2.51. The Morgan fingerprint density at radius 1 is 1.43 bits per heavy atom. The zero-order chi connectivity index (χ0) is 16.2. The van der Waals surface area contributed by atoms with Crippen molar-refractivity contribution in [2.75, 3.05) is 31.5 Å². The van der Waals surface area contributed by atoms with Crippen LogP contribution in [0.15, 0.2) is 30.9 Å². The van der Waals surface area contributed by atoms with Crippen molar-refractivity contribution in [2.45, 2.75) is 19.9 Å². The van der Waals surface area contributed by atoms with Gasteiger partial charge in [0.05, 0.1) is 6.04 Å². The highest BCUT2D eigenvalue weighted by atomic mass is 16.2. The van der Waals surface area contributed by atoms with E-state index in [2.05, 4.69) is 32.1 Å². The van der Waals surface area contributed by atoms with Gasteiger partial charge in [0.2, 0.25) is 0 Å². The fraction of sp³-hybridized carbons (Fsp3) is 0.438. The van der Waals surface area contributed by atoms with Crippen molar-refractivity contribution in [1.82, 2.24) is 24.8 Å². The van der Waals surface area contributed by atoms with Crippen LogP contribution in [-0.2, 0) is 0 Å². The maximum Gasteiger partial charge on any atom is 0.321 e. The number of aromatic amines is 1. The van der Waals surface area contributed by atoms with Crippen LogP contribution in [0.3, 0.4) is 0 Å². The zero-order valence-corrected chi connectivity index (χ0v) is 13.5. The van der Waals surface area contributed by atoms with Gasteiger partial charge in [-0.1, -0.05) is 6.92 Å². The van der Waals surface area contributed by atoms with E-state index in [4.69, 9.17) is 0 Å². The third-order valence-corrected chi connectivity index (χ3v) is 4.28. The number of carbonyl (C=O) groups excluding carboxylic acids is 1. The molecule has 1 aliphatic rings. The maximum absolute atomic E-state index is 12.6. The van der Waals surface area contributed by atoms with E-state index < -0.39 is 0 Å². The summed E-state index contributed by atoms with van der Waals surface area (Å²) in [5, 5.41) is 2.98. The zero-order valence-electron chi connectivity index (χ0n) is 13.5. The third kappa shape index (κ3) is 3.34. The molecule has 3 heterocycles. The minimum absolute atomic E-state index is 0.0772. The first-order chi connectivity index (χ1) is 11.2. The lowest BCUT2D eigenvalue weighted by molar-refractivity contribution is 0.0946. The van der Waals surface area contributed by atoms with Crippen LogP contribution in [0.1, 0.15) is 24.4 Å². The second kappa shape index (κ2) is 6.78. The van der Waals surface area contributed by atoms with Crippen LogP contribution in [-0.4, -0.2) is 57.0 Å². The molecular weight excluding hydrogens is 292 g/mol. The summed E-state index contributed by atoms with van der Waals surface area (Å²) in [6, 6.07) is 1.85. The molecule has 0 aliphatic carbocycles. The molecule has 1 fully saturated rings. The van der Waals surface area contributed by atoms with E-state index in [0.717, 1.165) is 30.2 Å². The number of carbonyl (C=O) groups is 1. The average molecular weight is 314 g/mol. The lowest BCUT2D eigenvalue weighted by atomic mass is 10.1.